The van der Waals surface area contributed by atoms with Gasteiger partial charge in [-0.3, -0.25) is 4.79 Å². The lowest BCUT2D eigenvalue weighted by Gasteiger charge is -2.27. The van der Waals surface area contributed by atoms with Gasteiger partial charge in [-0.15, -0.1) is 0 Å². The zero-order valence-electron chi connectivity index (χ0n) is 12.9. The summed E-state index contributed by atoms with van der Waals surface area (Å²) in [5, 5.41) is 0. The van der Waals surface area contributed by atoms with Gasteiger partial charge in [0.15, 0.2) is 5.82 Å². The average molecular weight is 292 g/mol. The van der Waals surface area contributed by atoms with E-state index in [0.717, 1.165) is 6.42 Å². The van der Waals surface area contributed by atoms with Crippen LogP contribution in [0, 0.1) is 24.7 Å². The van der Waals surface area contributed by atoms with Gasteiger partial charge in [-0.2, -0.15) is 0 Å². The molecule has 3 heteroatoms. The normalized spacial score (nSPS) is 29.2. The minimum atomic E-state index is 0.0267. The number of hydrogen-bond donors (Lipinski definition) is 0. The summed E-state index contributed by atoms with van der Waals surface area (Å²) in [5.41, 5.74) is 2.55. The maximum atomic E-state index is 13.1. The van der Waals surface area contributed by atoms with Gasteiger partial charge in [0.05, 0.1) is 0 Å². The third-order valence-corrected chi connectivity index (χ3v) is 5.27. The van der Waals surface area contributed by atoms with E-state index >= 15 is 0 Å². The van der Waals surface area contributed by atoms with Crippen molar-refractivity contribution in [1.82, 2.24) is 9.55 Å². The number of carbonyl (C=O) groups excluding carboxylic acids is 1. The lowest BCUT2D eigenvalue weighted by atomic mass is 9.76. The number of rotatable bonds is 3. The Labute approximate surface area is 130 Å². The number of hydrogen-bond acceptors (Lipinski definition) is 2. The molecular weight excluding hydrogens is 272 g/mol. The molecule has 1 aromatic heterocycles. The molecule has 0 aliphatic heterocycles. The van der Waals surface area contributed by atoms with Gasteiger partial charge in [-0.05, 0) is 30.7 Å². The number of Topliss-reactive ketones (excluding diaryl/α,β-unsaturated/α-hetero) is 1. The van der Waals surface area contributed by atoms with Crippen LogP contribution < -0.4 is 0 Å². The first kappa shape index (κ1) is 13.5. The van der Waals surface area contributed by atoms with Gasteiger partial charge in [-0.25, -0.2) is 4.98 Å². The molecule has 112 valence electrons. The van der Waals surface area contributed by atoms with Crippen LogP contribution in [0.2, 0.25) is 0 Å². The van der Waals surface area contributed by atoms with Crippen LogP contribution in [0.5, 0.6) is 0 Å². The summed E-state index contributed by atoms with van der Waals surface area (Å²) < 4.78 is 1.84. The van der Waals surface area contributed by atoms with E-state index in [4.69, 9.17) is 0 Å². The third kappa shape index (κ3) is 1.96. The topological polar surface area (TPSA) is 34.9 Å². The highest BCUT2D eigenvalue weighted by atomic mass is 16.1. The van der Waals surface area contributed by atoms with E-state index in [2.05, 4.69) is 48.3 Å². The summed E-state index contributed by atoms with van der Waals surface area (Å²) in [5.74, 6) is 1.94. The molecule has 1 fully saturated rings. The number of benzene rings is 1. The van der Waals surface area contributed by atoms with Crippen LogP contribution in [0.4, 0.5) is 0 Å². The lowest BCUT2D eigenvalue weighted by Crippen LogP contribution is -2.28. The number of allylic oxidation sites excluding steroid dienone is 2. The number of aromatic nitrogens is 2. The predicted molar refractivity (Wildman–Crippen MR) is 85.7 cm³/mol. The summed E-state index contributed by atoms with van der Waals surface area (Å²) >= 11 is 0. The number of nitrogens with zero attached hydrogens (tertiary/aromatic N) is 2. The van der Waals surface area contributed by atoms with Crippen molar-refractivity contribution in [2.45, 2.75) is 19.3 Å². The number of fused-ring (bicyclic) bond motifs is 2. The molecule has 0 spiro atoms. The number of ketones is 1. The van der Waals surface area contributed by atoms with E-state index in [0.29, 0.717) is 23.6 Å². The van der Waals surface area contributed by atoms with E-state index in [1.54, 1.807) is 6.20 Å². The molecular formula is C19H20N2O. The Morgan fingerprint density at radius 2 is 1.91 bits per heavy atom. The molecule has 1 aromatic carbocycles. The second-order valence-electron chi connectivity index (χ2n) is 6.64. The molecule has 2 aliphatic carbocycles. The fourth-order valence-corrected chi connectivity index (χ4v) is 4.17. The Bertz CT molecular complexity index is 741. The van der Waals surface area contributed by atoms with Crippen LogP contribution in [0.15, 0.2) is 48.8 Å². The van der Waals surface area contributed by atoms with Gasteiger partial charge in [-0.1, -0.05) is 42.0 Å². The molecule has 0 saturated heterocycles. The smallest absolute Gasteiger partial charge is 0.202 e. The van der Waals surface area contributed by atoms with Crippen molar-refractivity contribution in [3.63, 3.8) is 0 Å². The van der Waals surface area contributed by atoms with Gasteiger partial charge < -0.3 is 4.57 Å². The number of imidazole rings is 1. The predicted octanol–water partition coefficient (Wildman–Crippen LogP) is 3.52. The number of aryl methyl sites for hydroxylation is 2. The van der Waals surface area contributed by atoms with Crippen molar-refractivity contribution in [2.24, 2.45) is 24.8 Å². The highest BCUT2D eigenvalue weighted by molar-refractivity contribution is 5.96. The van der Waals surface area contributed by atoms with Crippen molar-refractivity contribution in [2.75, 3.05) is 0 Å². The maximum Gasteiger partial charge on any atom is 0.202 e. The maximum absolute atomic E-state index is 13.1. The van der Waals surface area contributed by atoms with E-state index in [1.807, 2.05) is 17.8 Å². The fraction of sp³-hybridized carbons (Fsp3) is 0.368. The zero-order valence-corrected chi connectivity index (χ0v) is 12.9. The molecule has 2 bridgehead atoms. The molecule has 1 heterocycles. The quantitative estimate of drug-likeness (QED) is 0.641. The Morgan fingerprint density at radius 3 is 2.59 bits per heavy atom. The molecule has 3 nitrogen and oxygen atoms in total. The summed E-state index contributed by atoms with van der Waals surface area (Å²) in [6.07, 6.45) is 9.19. The minimum Gasteiger partial charge on any atom is -0.332 e. The average Bonchev–Trinajstić information content (AvgIpc) is 3.22. The molecule has 0 N–H and O–H groups in total. The van der Waals surface area contributed by atoms with Crippen molar-refractivity contribution < 1.29 is 4.79 Å². The Kier molecular flexibility index (Phi) is 3.03. The van der Waals surface area contributed by atoms with Crippen LogP contribution in [-0.4, -0.2) is 15.3 Å². The van der Waals surface area contributed by atoms with E-state index in [1.165, 1.54) is 11.1 Å². The van der Waals surface area contributed by atoms with Gasteiger partial charge in [0.2, 0.25) is 5.78 Å². The first-order chi connectivity index (χ1) is 10.6. The summed E-state index contributed by atoms with van der Waals surface area (Å²) in [4.78, 5) is 17.3. The Hall–Kier alpha value is -2.16. The van der Waals surface area contributed by atoms with Crippen LogP contribution in [-0.2, 0) is 7.05 Å². The summed E-state index contributed by atoms with van der Waals surface area (Å²) in [6, 6.07) is 8.67. The molecule has 4 rings (SSSR count). The van der Waals surface area contributed by atoms with Crippen molar-refractivity contribution in [3.8, 4) is 0 Å². The molecule has 2 aromatic rings. The first-order valence-electron chi connectivity index (χ1n) is 7.91. The Morgan fingerprint density at radius 1 is 1.18 bits per heavy atom. The van der Waals surface area contributed by atoms with E-state index in [-0.39, 0.29) is 11.7 Å². The molecule has 2 aliphatic rings. The summed E-state index contributed by atoms with van der Waals surface area (Å²) in [7, 11) is 1.89. The van der Waals surface area contributed by atoms with Crippen LogP contribution >= 0.6 is 0 Å². The Balaban J connectivity index is 1.73. The fourth-order valence-electron chi connectivity index (χ4n) is 4.17. The highest BCUT2D eigenvalue weighted by Gasteiger charge is 2.49. The van der Waals surface area contributed by atoms with Crippen LogP contribution in [0.3, 0.4) is 0 Å². The second kappa shape index (κ2) is 4.94. The zero-order chi connectivity index (χ0) is 15.3. The van der Waals surface area contributed by atoms with Crippen molar-refractivity contribution in [1.29, 1.82) is 0 Å². The summed E-state index contributed by atoms with van der Waals surface area (Å²) in [6.45, 7) is 2.10. The highest BCUT2D eigenvalue weighted by Crippen LogP contribution is 2.53. The minimum absolute atomic E-state index is 0.0267. The molecule has 0 amide bonds. The third-order valence-electron chi connectivity index (χ3n) is 5.27. The molecule has 4 unspecified atom stereocenters. The SMILES string of the molecule is Cc1ccc(C2C3C=CC(C3)C2C(=O)c2nccn2C)cc1. The first-order valence-corrected chi connectivity index (χ1v) is 7.91. The standard InChI is InChI=1S/C19H20N2O/c1-12-3-5-13(6-4-12)16-14-7-8-15(11-14)17(16)18(22)19-20-9-10-21(19)2/h3-10,14-17H,11H2,1-2H3. The van der Waals surface area contributed by atoms with Crippen LogP contribution in [0.1, 0.15) is 34.1 Å². The van der Waals surface area contributed by atoms with Gasteiger partial charge in [0.25, 0.3) is 0 Å². The van der Waals surface area contributed by atoms with Crippen molar-refractivity contribution >= 4 is 5.78 Å². The largest absolute Gasteiger partial charge is 0.332 e. The van der Waals surface area contributed by atoms with Gasteiger partial charge in [0, 0.05) is 31.3 Å². The molecule has 1 saturated carbocycles. The molecule has 22 heavy (non-hydrogen) atoms. The second-order valence-corrected chi connectivity index (χ2v) is 6.64. The van der Waals surface area contributed by atoms with E-state index in [9.17, 15) is 4.79 Å². The van der Waals surface area contributed by atoms with E-state index < -0.39 is 0 Å². The molecule has 4 atom stereocenters. The molecule has 0 radical (unpaired) electrons. The van der Waals surface area contributed by atoms with Gasteiger partial charge in [0.1, 0.15) is 0 Å². The van der Waals surface area contributed by atoms with Crippen LogP contribution in [0.25, 0.3) is 0 Å². The van der Waals surface area contributed by atoms with Crippen molar-refractivity contribution in [3.05, 3.63) is 65.8 Å². The van der Waals surface area contributed by atoms with Gasteiger partial charge >= 0.3 is 0 Å². The lowest BCUT2D eigenvalue weighted by molar-refractivity contribution is 0.0872. The monoisotopic (exact) mass is 292 g/mol. The number of carbonyl (C=O) groups is 1.